The third-order valence-corrected chi connectivity index (χ3v) is 2.37. The van der Waals surface area contributed by atoms with Gasteiger partial charge in [-0.1, -0.05) is 15.9 Å². The standard InChI is InChI=1S/C11H7BrF2O2/c12-7-4-9(13)11(14)10(5-7)16-6-8-2-1-3-15-8/h1-5H,6H2. The molecule has 0 N–H and O–H groups in total. The Morgan fingerprint density at radius 2 is 2.12 bits per heavy atom. The largest absolute Gasteiger partial charge is 0.482 e. The van der Waals surface area contributed by atoms with Crippen molar-refractivity contribution < 1.29 is 17.9 Å². The third kappa shape index (κ3) is 2.41. The smallest absolute Gasteiger partial charge is 0.200 e. The summed E-state index contributed by atoms with van der Waals surface area (Å²) in [6, 6.07) is 5.78. The maximum atomic E-state index is 13.3. The van der Waals surface area contributed by atoms with Crippen molar-refractivity contribution in [3.8, 4) is 5.75 Å². The monoisotopic (exact) mass is 288 g/mol. The molecule has 84 valence electrons. The van der Waals surface area contributed by atoms with Crippen molar-refractivity contribution in [3.63, 3.8) is 0 Å². The maximum Gasteiger partial charge on any atom is 0.200 e. The Hall–Kier alpha value is -1.36. The van der Waals surface area contributed by atoms with Crippen LogP contribution in [0.25, 0.3) is 0 Å². The lowest BCUT2D eigenvalue weighted by Gasteiger charge is -2.06. The highest BCUT2D eigenvalue weighted by Crippen LogP contribution is 2.26. The summed E-state index contributed by atoms with van der Waals surface area (Å²) in [5.74, 6) is -1.57. The topological polar surface area (TPSA) is 22.4 Å². The van der Waals surface area contributed by atoms with E-state index in [1.54, 1.807) is 12.1 Å². The van der Waals surface area contributed by atoms with E-state index in [2.05, 4.69) is 15.9 Å². The van der Waals surface area contributed by atoms with Crippen LogP contribution in [0.1, 0.15) is 5.76 Å². The minimum Gasteiger partial charge on any atom is -0.482 e. The van der Waals surface area contributed by atoms with Gasteiger partial charge in [0, 0.05) is 4.47 Å². The summed E-state index contributed by atoms with van der Waals surface area (Å²) in [5.41, 5.74) is 0. The lowest BCUT2D eigenvalue weighted by Crippen LogP contribution is -1.98. The van der Waals surface area contributed by atoms with Gasteiger partial charge < -0.3 is 9.15 Å². The summed E-state index contributed by atoms with van der Waals surface area (Å²) in [5, 5.41) is 0. The Kier molecular flexibility index (Phi) is 3.24. The molecule has 1 heterocycles. The number of halogens is 3. The molecule has 1 aromatic carbocycles. The highest BCUT2D eigenvalue weighted by Gasteiger charge is 2.11. The molecular formula is C11H7BrF2O2. The zero-order chi connectivity index (χ0) is 11.5. The van der Waals surface area contributed by atoms with Gasteiger partial charge in [-0.25, -0.2) is 4.39 Å². The first-order chi connectivity index (χ1) is 7.66. The van der Waals surface area contributed by atoms with Crippen LogP contribution in [0, 0.1) is 11.6 Å². The molecule has 2 nitrogen and oxygen atoms in total. The lowest BCUT2D eigenvalue weighted by molar-refractivity contribution is 0.254. The number of rotatable bonds is 3. The number of furan rings is 1. The van der Waals surface area contributed by atoms with Gasteiger partial charge in [0.25, 0.3) is 0 Å². The molecule has 0 amide bonds. The summed E-state index contributed by atoms with van der Waals surface area (Å²) in [6.45, 7) is 0.0554. The molecule has 0 atom stereocenters. The highest BCUT2D eigenvalue weighted by molar-refractivity contribution is 9.10. The second-order valence-electron chi connectivity index (χ2n) is 3.07. The quantitative estimate of drug-likeness (QED) is 0.800. The average Bonchev–Trinajstić information content (AvgIpc) is 2.74. The van der Waals surface area contributed by atoms with Crippen LogP contribution in [0.3, 0.4) is 0 Å². The predicted molar refractivity (Wildman–Crippen MR) is 57.1 cm³/mol. The fraction of sp³-hybridized carbons (Fsp3) is 0.0909. The van der Waals surface area contributed by atoms with Gasteiger partial charge in [0.2, 0.25) is 5.82 Å². The first-order valence-corrected chi connectivity index (χ1v) is 5.26. The van der Waals surface area contributed by atoms with Crippen molar-refractivity contribution in [2.24, 2.45) is 0 Å². The van der Waals surface area contributed by atoms with Gasteiger partial charge in [0.1, 0.15) is 12.4 Å². The van der Waals surface area contributed by atoms with Crippen molar-refractivity contribution in [2.45, 2.75) is 6.61 Å². The van der Waals surface area contributed by atoms with Crippen LogP contribution in [0.4, 0.5) is 8.78 Å². The van der Waals surface area contributed by atoms with Gasteiger partial charge in [0.15, 0.2) is 11.6 Å². The first kappa shape index (κ1) is 11.1. The fourth-order valence-electron chi connectivity index (χ4n) is 1.18. The molecule has 0 saturated heterocycles. The molecule has 0 bridgehead atoms. The van der Waals surface area contributed by atoms with Crippen LogP contribution in [-0.4, -0.2) is 0 Å². The van der Waals surface area contributed by atoms with E-state index in [-0.39, 0.29) is 12.4 Å². The van der Waals surface area contributed by atoms with Crippen LogP contribution in [0.2, 0.25) is 0 Å². The molecule has 0 fully saturated rings. The Morgan fingerprint density at radius 3 is 2.81 bits per heavy atom. The lowest BCUT2D eigenvalue weighted by atomic mass is 10.3. The zero-order valence-corrected chi connectivity index (χ0v) is 9.63. The Bertz CT molecular complexity index is 483. The molecular weight excluding hydrogens is 282 g/mol. The van der Waals surface area contributed by atoms with E-state index in [0.29, 0.717) is 10.2 Å². The highest BCUT2D eigenvalue weighted by atomic mass is 79.9. The van der Waals surface area contributed by atoms with E-state index < -0.39 is 11.6 Å². The molecule has 5 heteroatoms. The molecule has 1 aromatic heterocycles. The number of benzene rings is 1. The molecule has 0 aliphatic rings. The van der Waals surface area contributed by atoms with Gasteiger partial charge in [-0.15, -0.1) is 0 Å². The molecule has 16 heavy (non-hydrogen) atoms. The zero-order valence-electron chi connectivity index (χ0n) is 8.04. The number of hydrogen-bond donors (Lipinski definition) is 0. The van der Waals surface area contributed by atoms with Crippen LogP contribution >= 0.6 is 15.9 Å². The molecule has 0 unspecified atom stereocenters. The molecule has 0 aliphatic carbocycles. The van der Waals surface area contributed by atoms with Crippen molar-refractivity contribution in [2.75, 3.05) is 0 Å². The van der Waals surface area contributed by atoms with Gasteiger partial charge in [-0.05, 0) is 24.3 Å². The first-order valence-electron chi connectivity index (χ1n) is 4.46. The van der Waals surface area contributed by atoms with E-state index in [9.17, 15) is 8.78 Å². The Balaban J connectivity index is 2.15. The summed E-state index contributed by atoms with van der Waals surface area (Å²) in [7, 11) is 0. The van der Waals surface area contributed by atoms with Crippen LogP contribution < -0.4 is 4.74 Å². The summed E-state index contributed by atoms with van der Waals surface area (Å²) in [6.07, 6.45) is 1.48. The molecule has 2 aromatic rings. The Labute approximate surface area is 99.0 Å². The van der Waals surface area contributed by atoms with Crippen molar-refractivity contribution in [1.82, 2.24) is 0 Å². The van der Waals surface area contributed by atoms with Gasteiger partial charge in [-0.3, -0.25) is 0 Å². The number of ether oxygens (including phenoxy) is 1. The second kappa shape index (κ2) is 4.65. The van der Waals surface area contributed by atoms with Crippen molar-refractivity contribution >= 4 is 15.9 Å². The molecule has 0 saturated carbocycles. The van der Waals surface area contributed by atoms with E-state index >= 15 is 0 Å². The van der Waals surface area contributed by atoms with Gasteiger partial charge in [0.05, 0.1) is 6.26 Å². The number of hydrogen-bond acceptors (Lipinski definition) is 2. The second-order valence-corrected chi connectivity index (χ2v) is 3.98. The summed E-state index contributed by atoms with van der Waals surface area (Å²) >= 11 is 3.06. The molecule has 0 radical (unpaired) electrons. The van der Waals surface area contributed by atoms with Gasteiger partial charge >= 0.3 is 0 Å². The predicted octanol–water partition coefficient (Wildman–Crippen LogP) is 3.90. The molecule has 0 spiro atoms. The maximum absolute atomic E-state index is 13.3. The summed E-state index contributed by atoms with van der Waals surface area (Å²) in [4.78, 5) is 0. The third-order valence-electron chi connectivity index (χ3n) is 1.91. The Morgan fingerprint density at radius 1 is 1.31 bits per heavy atom. The minimum atomic E-state index is -1.00. The van der Waals surface area contributed by atoms with E-state index in [1.165, 1.54) is 12.3 Å². The van der Waals surface area contributed by atoms with Crippen molar-refractivity contribution in [1.29, 1.82) is 0 Å². The van der Waals surface area contributed by atoms with Gasteiger partial charge in [-0.2, -0.15) is 4.39 Å². The van der Waals surface area contributed by atoms with E-state index in [4.69, 9.17) is 9.15 Å². The van der Waals surface area contributed by atoms with E-state index in [1.807, 2.05) is 0 Å². The summed E-state index contributed by atoms with van der Waals surface area (Å²) < 4.78 is 36.8. The average molecular weight is 289 g/mol. The fourth-order valence-corrected chi connectivity index (χ4v) is 1.59. The van der Waals surface area contributed by atoms with Crippen LogP contribution in [0.5, 0.6) is 5.75 Å². The SMILES string of the molecule is Fc1cc(Br)cc(OCc2ccco2)c1F. The van der Waals surface area contributed by atoms with Crippen molar-refractivity contribution in [3.05, 3.63) is 52.4 Å². The molecule has 2 rings (SSSR count). The molecule has 0 aliphatic heterocycles. The van der Waals surface area contributed by atoms with Crippen LogP contribution in [0.15, 0.2) is 39.4 Å². The normalized spacial score (nSPS) is 10.4. The minimum absolute atomic E-state index is 0.0554. The van der Waals surface area contributed by atoms with E-state index in [0.717, 1.165) is 6.07 Å². The van der Waals surface area contributed by atoms with Crippen LogP contribution in [-0.2, 0) is 6.61 Å².